The molecule has 1 saturated heterocycles. The maximum Gasteiger partial charge on any atom is 0.338 e. The van der Waals surface area contributed by atoms with Crippen LogP contribution in [-0.2, 0) is 19.1 Å². The minimum atomic E-state index is -0.676. The largest absolute Gasteiger partial charge is 0.497 e. The summed E-state index contributed by atoms with van der Waals surface area (Å²) in [5.74, 6) is -1.12. The lowest BCUT2D eigenvalue weighted by molar-refractivity contribution is -0.123. The molecule has 8 heteroatoms. The van der Waals surface area contributed by atoms with Crippen LogP contribution in [-0.4, -0.2) is 37.4 Å². The molecule has 8 nitrogen and oxygen atoms in total. The number of rotatable bonds is 6. The molecule has 0 unspecified atom stereocenters. The van der Waals surface area contributed by atoms with E-state index in [0.717, 1.165) is 6.42 Å². The Labute approximate surface area is 190 Å². The van der Waals surface area contributed by atoms with E-state index in [0.29, 0.717) is 17.1 Å². The van der Waals surface area contributed by atoms with Crippen molar-refractivity contribution in [3.63, 3.8) is 0 Å². The number of hydrogen-bond acceptors (Lipinski definition) is 6. The molecule has 2 fully saturated rings. The van der Waals surface area contributed by atoms with Crippen LogP contribution in [0.25, 0.3) is 0 Å². The molecule has 0 radical (unpaired) electrons. The minimum absolute atomic E-state index is 0.139. The average Bonchev–Trinajstić information content (AvgIpc) is 3.52. The van der Waals surface area contributed by atoms with Gasteiger partial charge < -0.3 is 14.8 Å². The van der Waals surface area contributed by atoms with Crippen LogP contribution in [0.1, 0.15) is 16.8 Å². The smallest absolute Gasteiger partial charge is 0.338 e. The summed E-state index contributed by atoms with van der Waals surface area (Å²) in [6.07, 6.45) is 4.96. The SMILES string of the molecule is COc1ccc(NC(=O)COC(=O)c2ccc(N3C(=O)[C@@H]4[C@@H](C3=O)[C@H]3C=C[C@H]4C3)cc2)cc1. The van der Waals surface area contributed by atoms with Crippen LogP contribution in [0.15, 0.2) is 60.7 Å². The molecule has 1 N–H and O–H groups in total. The molecule has 5 rings (SSSR count). The van der Waals surface area contributed by atoms with E-state index in [2.05, 4.69) is 5.32 Å². The third kappa shape index (κ3) is 3.67. The van der Waals surface area contributed by atoms with Crippen molar-refractivity contribution in [1.29, 1.82) is 0 Å². The van der Waals surface area contributed by atoms with Gasteiger partial charge in [-0.2, -0.15) is 0 Å². The first-order chi connectivity index (χ1) is 16.0. The summed E-state index contributed by atoms with van der Waals surface area (Å²) >= 11 is 0. The zero-order chi connectivity index (χ0) is 23.1. The van der Waals surface area contributed by atoms with Gasteiger partial charge in [-0.3, -0.25) is 19.3 Å². The fourth-order valence-electron chi connectivity index (χ4n) is 4.99. The number of ether oxygens (including phenoxy) is 2. The number of benzene rings is 2. The highest BCUT2D eigenvalue weighted by Gasteiger charge is 2.59. The van der Waals surface area contributed by atoms with Gasteiger partial charge in [-0.05, 0) is 66.8 Å². The van der Waals surface area contributed by atoms with Crippen LogP contribution in [0.3, 0.4) is 0 Å². The summed E-state index contributed by atoms with van der Waals surface area (Å²) in [5, 5.41) is 2.63. The highest BCUT2D eigenvalue weighted by atomic mass is 16.5. The van der Waals surface area contributed by atoms with Crippen LogP contribution in [0.2, 0.25) is 0 Å². The number of amides is 3. The molecule has 2 aromatic rings. The van der Waals surface area contributed by atoms with Crippen molar-refractivity contribution in [2.75, 3.05) is 23.9 Å². The summed E-state index contributed by atoms with van der Waals surface area (Å²) in [6.45, 7) is -0.450. The van der Waals surface area contributed by atoms with Gasteiger partial charge in [-0.1, -0.05) is 12.2 Å². The molecule has 2 aliphatic carbocycles. The first-order valence-electron chi connectivity index (χ1n) is 10.7. The molecule has 2 aromatic carbocycles. The maximum absolute atomic E-state index is 12.9. The quantitative estimate of drug-likeness (QED) is 0.416. The van der Waals surface area contributed by atoms with Crippen molar-refractivity contribution in [1.82, 2.24) is 0 Å². The lowest BCUT2D eigenvalue weighted by atomic mass is 9.85. The molecule has 4 atom stereocenters. The first kappa shape index (κ1) is 20.9. The third-order valence-corrected chi connectivity index (χ3v) is 6.54. The van der Waals surface area contributed by atoms with E-state index in [-0.39, 0.29) is 41.0 Å². The number of anilines is 2. The fourth-order valence-corrected chi connectivity index (χ4v) is 4.99. The van der Waals surface area contributed by atoms with Crippen molar-refractivity contribution in [3.8, 4) is 5.75 Å². The number of carbonyl (C=O) groups is 4. The number of methoxy groups -OCH3 is 1. The summed E-state index contributed by atoms with van der Waals surface area (Å²) < 4.78 is 10.1. The Kier molecular flexibility index (Phi) is 5.20. The number of nitrogens with zero attached hydrogens (tertiary/aromatic N) is 1. The minimum Gasteiger partial charge on any atom is -0.497 e. The molecule has 0 spiro atoms. The predicted octanol–water partition coefficient (Wildman–Crippen LogP) is 2.80. The Morgan fingerprint density at radius 1 is 0.939 bits per heavy atom. The molecule has 1 aliphatic heterocycles. The Morgan fingerprint density at radius 3 is 2.12 bits per heavy atom. The summed E-state index contributed by atoms with van der Waals surface area (Å²) in [6, 6.07) is 12.8. The molecule has 33 heavy (non-hydrogen) atoms. The monoisotopic (exact) mass is 446 g/mol. The lowest BCUT2D eigenvalue weighted by Crippen LogP contribution is -2.32. The Hall–Kier alpha value is -3.94. The van der Waals surface area contributed by atoms with Gasteiger partial charge in [-0.15, -0.1) is 0 Å². The second-order valence-electron chi connectivity index (χ2n) is 8.41. The standard InChI is InChI=1S/C25H22N2O6/c1-32-19-10-6-17(7-11-19)26-20(28)13-33-25(31)14-4-8-18(9-5-14)27-23(29)21-15-2-3-16(12-15)22(21)24(27)30/h2-11,15-16,21-22H,12-13H2,1H3,(H,26,28)/t15-,16-,21-,22-/m0/s1. The lowest BCUT2D eigenvalue weighted by Gasteiger charge is -2.17. The Morgan fingerprint density at radius 2 is 1.55 bits per heavy atom. The van der Waals surface area contributed by atoms with Gasteiger partial charge in [-0.25, -0.2) is 4.79 Å². The van der Waals surface area contributed by atoms with Crippen LogP contribution in [0, 0.1) is 23.7 Å². The molecule has 1 heterocycles. The van der Waals surface area contributed by atoms with Gasteiger partial charge in [0.1, 0.15) is 5.75 Å². The summed E-state index contributed by atoms with van der Waals surface area (Å²) in [7, 11) is 1.55. The zero-order valence-electron chi connectivity index (χ0n) is 17.9. The molecule has 0 aromatic heterocycles. The summed E-state index contributed by atoms with van der Waals surface area (Å²) in [4.78, 5) is 51.4. The van der Waals surface area contributed by atoms with Crippen molar-refractivity contribution in [2.45, 2.75) is 6.42 Å². The molecule has 3 aliphatic rings. The number of imide groups is 1. The van der Waals surface area contributed by atoms with Gasteiger partial charge in [0, 0.05) is 5.69 Å². The number of fused-ring (bicyclic) bond motifs is 5. The van der Waals surface area contributed by atoms with Crippen molar-refractivity contribution >= 4 is 35.1 Å². The normalized spacial score (nSPS) is 24.7. The van der Waals surface area contributed by atoms with Gasteiger partial charge in [0.05, 0.1) is 30.2 Å². The summed E-state index contributed by atoms with van der Waals surface area (Å²) in [5.41, 5.74) is 1.21. The van der Waals surface area contributed by atoms with Crippen molar-refractivity contribution in [3.05, 3.63) is 66.2 Å². The highest BCUT2D eigenvalue weighted by Crippen LogP contribution is 2.53. The number of allylic oxidation sites excluding steroid dienone is 2. The van der Waals surface area contributed by atoms with E-state index < -0.39 is 18.5 Å². The van der Waals surface area contributed by atoms with E-state index >= 15 is 0 Å². The van der Waals surface area contributed by atoms with Gasteiger partial charge >= 0.3 is 5.97 Å². The molecular formula is C25H22N2O6. The predicted molar refractivity (Wildman–Crippen MR) is 119 cm³/mol. The number of nitrogens with one attached hydrogen (secondary N) is 1. The van der Waals surface area contributed by atoms with E-state index in [9.17, 15) is 19.2 Å². The molecule has 1 saturated carbocycles. The van der Waals surface area contributed by atoms with E-state index in [1.54, 1.807) is 43.5 Å². The second-order valence-corrected chi connectivity index (χ2v) is 8.41. The van der Waals surface area contributed by atoms with Crippen molar-refractivity contribution < 1.29 is 28.7 Å². The molecule has 168 valence electrons. The van der Waals surface area contributed by atoms with E-state index in [4.69, 9.17) is 9.47 Å². The van der Waals surface area contributed by atoms with Crippen LogP contribution < -0.4 is 15.0 Å². The van der Waals surface area contributed by atoms with E-state index in [1.165, 1.54) is 17.0 Å². The maximum atomic E-state index is 12.9. The fraction of sp³-hybridized carbons (Fsp3) is 0.280. The van der Waals surface area contributed by atoms with Crippen LogP contribution in [0.5, 0.6) is 5.75 Å². The van der Waals surface area contributed by atoms with Crippen LogP contribution in [0.4, 0.5) is 11.4 Å². The second kappa shape index (κ2) is 8.20. The number of hydrogen-bond donors (Lipinski definition) is 1. The van der Waals surface area contributed by atoms with Gasteiger partial charge in [0.15, 0.2) is 6.61 Å². The van der Waals surface area contributed by atoms with E-state index in [1.807, 2.05) is 12.2 Å². The zero-order valence-corrected chi connectivity index (χ0v) is 17.9. The average molecular weight is 446 g/mol. The molecular weight excluding hydrogens is 424 g/mol. The van der Waals surface area contributed by atoms with Crippen LogP contribution >= 0.6 is 0 Å². The Bertz CT molecular complexity index is 1120. The molecule has 2 bridgehead atoms. The van der Waals surface area contributed by atoms with Crippen molar-refractivity contribution in [2.24, 2.45) is 23.7 Å². The number of esters is 1. The first-order valence-corrected chi connectivity index (χ1v) is 10.7. The van der Waals surface area contributed by atoms with Gasteiger partial charge in [0.25, 0.3) is 5.91 Å². The topological polar surface area (TPSA) is 102 Å². The Balaban J connectivity index is 1.18. The highest BCUT2D eigenvalue weighted by molar-refractivity contribution is 6.22. The number of carbonyl (C=O) groups excluding carboxylic acids is 4. The molecule has 3 amide bonds. The third-order valence-electron chi connectivity index (χ3n) is 6.54. The van der Waals surface area contributed by atoms with Gasteiger partial charge in [0.2, 0.25) is 11.8 Å².